The van der Waals surface area contributed by atoms with E-state index in [0.29, 0.717) is 17.9 Å². The summed E-state index contributed by atoms with van der Waals surface area (Å²) in [4.78, 5) is 11.6. The van der Waals surface area contributed by atoms with Crippen LogP contribution in [-0.4, -0.2) is 19.1 Å². The summed E-state index contributed by atoms with van der Waals surface area (Å²) < 4.78 is 5.93. The molecule has 0 aliphatic rings. The first kappa shape index (κ1) is 13.0. The number of halogens is 1. The van der Waals surface area contributed by atoms with E-state index in [9.17, 15) is 4.79 Å². The number of hydrogen-bond donors (Lipinski definition) is 2. The van der Waals surface area contributed by atoms with E-state index in [2.05, 4.69) is 21.2 Å². The summed E-state index contributed by atoms with van der Waals surface area (Å²) >= 11 is 3.34. The molecule has 4 nitrogen and oxygen atoms in total. The van der Waals surface area contributed by atoms with Gasteiger partial charge in [0.15, 0.2) is 0 Å². The van der Waals surface area contributed by atoms with Crippen LogP contribution in [0.15, 0.2) is 22.7 Å². The van der Waals surface area contributed by atoms with Gasteiger partial charge in [0.05, 0.1) is 13.2 Å². The molecule has 0 fully saturated rings. The molecule has 1 atom stereocenters. The molecule has 1 rings (SSSR count). The zero-order chi connectivity index (χ0) is 12.1. The lowest BCUT2D eigenvalue weighted by Gasteiger charge is -2.11. The van der Waals surface area contributed by atoms with Gasteiger partial charge in [0, 0.05) is 16.2 Å². The summed E-state index contributed by atoms with van der Waals surface area (Å²) in [6.45, 7) is 1.87. The number of benzene rings is 1. The van der Waals surface area contributed by atoms with Crippen molar-refractivity contribution in [2.75, 3.05) is 12.4 Å². The number of anilines is 1. The van der Waals surface area contributed by atoms with Gasteiger partial charge in [-0.3, -0.25) is 4.79 Å². The molecule has 16 heavy (non-hydrogen) atoms. The highest BCUT2D eigenvalue weighted by atomic mass is 79.9. The molecule has 88 valence electrons. The summed E-state index contributed by atoms with van der Waals surface area (Å²) in [5.41, 5.74) is 6.28. The maximum atomic E-state index is 11.6. The molecular weight excluding hydrogens is 272 g/mol. The highest BCUT2D eigenvalue weighted by Crippen LogP contribution is 2.24. The fourth-order valence-electron chi connectivity index (χ4n) is 1.17. The number of hydrogen-bond acceptors (Lipinski definition) is 3. The van der Waals surface area contributed by atoms with Crippen molar-refractivity contribution < 1.29 is 9.53 Å². The highest BCUT2D eigenvalue weighted by molar-refractivity contribution is 9.10. The van der Waals surface area contributed by atoms with Crippen molar-refractivity contribution >= 4 is 27.5 Å². The second-order valence-electron chi connectivity index (χ2n) is 3.38. The van der Waals surface area contributed by atoms with Gasteiger partial charge >= 0.3 is 0 Å². The number of nitrogens with two attached hydrogens (primary N) is 1. The van der Waals surface area contributed by atoms with Crippen molar-refractivity contribution in [3.63, 3.8) is 0 Å². The lowest BCUT2D eigenvalue weighted by atomic mass is 10.2. The van der Waals surface area contributed by atoms with Crippen LogP contribution in [-0.2, 0) is 4.79 Å². The Labute approximate surface area is 103 Å². The fourth-order valence-corrected chi connectivity index (χ4v) is 1.65. The van der Waals surface area contributed by atoms with Crippen molar-refractivity contribution in [1.29, 1.82) is 0 Å². The molecular formula is C11H15BrN2O2. The van der Waals surface area contributed by atoms with Gasteiger partial charge in [0.25, 0.3) is 0 Å². The Morgan fingerprint density at radius 2 is 2.25 bits per heavy atom. The predicted octanol–water partition coefficient (Wildman–Crippen LogP) is 2.13. The van der Waals surface area contributed by atoms with E-state index in [1.807, 2.05) is 13.0 Å². The topological polar surface area (TPSA) is 64.4 Å². The second-order valence-corrected chi connectivity index (χ2v) is 4.30. The molecule has 1 aromatic rings. The van der Waals surface area contributed by atoms with Crippen LogP contribution in [0.1, 0.15) is 13.3 Å². The van der Waals surface area contributed by atoms with E-state index < -0.39 is 6.04 Å². The number of carbonyl (C=O) groups excluding carboxylic acids is 1. The summed E-state index contributed by atoms with van der Waals surface area (Å²) in [5, 5.41) is 2.73. The van der Waals surface area contributed by atoms with Crippen LogP contribution in [0.2, 0.25) is 0 Å². The van der Waals surface area contributed by atoms with Crippen molar-refractivity contribution in [2.24, 2.45) is 5.73 Å². The molecule has 0 heterocycles. The van der Waals surface area contributed by atoms with E-state index in [0.717, 1.165) is 4.47 Å². The summed E-state index contributed by atoms with van der Waals surface area (Å²) in [7, 11) is 1.57. The molecule has 0 aromatic heterocycles. The Hall–Kier alpha value is -1.07. The molecule has 0 bridgehead atoms. The van der Waals surface area contributed by atoms with Gasteiger partial charge in [0.2, 0.25) is 5.91 Å². The summed E-state index contributed by atoms with van der Waals surface area (Å²) in [6.07, 6.45) is 0.608. The lowest BCUT2D eigenvalue weighted by molar-refractivity contribution is -0.117. The Morgan fingerprint density at radius 3 is 2.81 bits per heavy atom. The van der Waals surface area contributed by atoms with Crippen LogP contribution < -0.4 is 15.8 Å². The monoisotopic (exact) mass is 286 g/mol. The fraction of sp³-hybridized carbons (Fsp3) is 0.364. The number of nitrogens with one attached hydrogen (secondary N) is 1. The Morgan fingerprint density at radius 1 is 1.56 bits per heavy atom. The predicted molar refractivity (Wildman–Crippen MR) is 67.6 cm³/mol. The molecule has 3 N–H and O–H groups in total. The van der Waals surface area contributed by atoms with E-state index in [1.54, 1.807) is 19.2 Å². The Bertz CT molecular complexity index is 382. The maximum Gasteiger partial charge on any atom is 0.241 e. The van der Waals surface area contributed by atoms with Crippen molar-refractivity contribution in [3.8, 4) is 5.75 Å². The molecule has 5 heteroatoms. The van der Waals surface area contributed by atoms with Gasteiger partial charge in [-0.2, -0.15) is 0 Å². The summed E-state index contributed by atoms with van der Waals surface area (Å²) in [5.74, 6) is 0.484. The van der Waals surface area contributed by atoms with E-state index in [1.165, 1.54) is 0 Å². The van der Waals surface area contributed by atoms with Gasteiger partial charge in [-0.15, -0.1) is 0 Å². The van der Waals surface area contributed by atoms with Gasteiger partial charge in [-0.1, -0.05) is 22.9 Å². The zero-order valence-electron chi connectivity index (χ0n) is 9.29. The third-order valence-electron chi connectivity index (χ3n) is 2.15. The number of methoxy groups -OCH3 is 1. The van der Waals surface area contributed by atoms with Crippen LogP contribution in [0.25, 0.3) is 0 Å². The third-order valence-corrected chi connectivity index (χ3v) is 2.61. The van der Waals surface area contributed by atoms with Crippen LogP contribution in [0.4, 0.5) is 5.69 Å². The molecule has 0 unspecified atom stereocenters. The third kappa shape index (κ3) is 3.50. The van der Waals surface area contributed by atoms with Crippen LogP contribution >= 0.6 is 15.9 Å². The van der Waals surface area contributed by atoms with Gasteiger partial charge in [-0.25, -0.2) is 0 Å². The minimum absolute atomic E-state index is 0.192. The van der Waals surface area contributed by atoms with Crippen LogP contribution in [0.5, 0.6) is 5.75 Å². The van der Waals surface area contributed by atoms with Gasteiger partial charge in [-0.05, 0) is 18.6 Å². The number of amides is 1. The minimum Gasteiger partial charge on any atom is -0.497 e. The Balaban J connectivity index is 2.81. The molecule has 0 aliphatic carbocycles. The SMILES string of the molecule is CC[C@H](N)C(=O)Nc1cc(Br)cc(OC)c1. The highest BCUT2D eigenvalue weighted by Gasteiger charge is 2.11. The van der Waals surface area contributed by atoms with Crippen LogP contribution in [0.3, 0.4) is 0 Å². The van der Waals surface area contributed by atoms with Crippen molar-refractivity contribution in [3.05, 3.63) is 22.7 Å². The molecule has 1 amide bonds. The maximum absolute atomic E-state index is 11.6. The van der Waals surface area contributed by atoms with Gasteiger partial charge < -0.3 is 15.8 Å². The first-order valence-electron chi connectivity index (χ1n) is 4.97. The normalized spacial score (nSPS) is 12.0. The molecule has 0 saturated heterocycles. The first-order chi connectivity index (χ1) is 7.56. The first-order valence-corrected chi connectivity index (χ1v) is 5.77. The Kier molecular flexibility index (Phi) is 4.76. The molecule has 0 spiro atoms. The largest absolute Gasteiger partial charge is 0.497 e. The summed E-state index contributed by atoms with van der Waals surface area (Å²) in [6, 6.07) is 4.87. The number of ether oxygens (including phenoxy) is 1. The smallest absolute Gasteiger partial charge is 0.241 e. The standard InChI is InChI=1S/C11H15BrN2O2/c1-3-10(13)11(15)14-8-4-7(12)5-9(6-8)16-2/h4-6,10H,3,13H2,1-2H3,(H,14,15)/t10-/m0/s1. The lowest BCUT2D eigenvalue weighted by Crippen LogP contribution is -2.34. The number of carbonyl (C=O) groups is 1. The van der Waals surface area contributed by atoms with Crippen molar-refractivity contribution in [2.45, 2.75) is 19.4 Å². The zero-order valence-corrected chi connectivity index (χ0v) is 10.9. The average molecular weight is 287 g/mol. The van der Waals surface area contributed by atoms with Gasteiger partial charge in [0.1, 0.15) is 5.75 Å². The van der Waals surface area contributed by atoms with Crippen LogP contribution in [0, 0.1) is 0 Å². The molecule has 0 radical (unpaired) electrons. The molecule has 0 saturated carbocycles. The van der Waals surface area contributed by atoms with E-state index in [-0.39, 0.29) is 5.91 Å². The quantitative estimate of drug-likeness (QED) is 0.891. The number of rotatable bonds is 4. The van der Waals surface area contributed by atoms with Crippen molar-refractivity contribution in [1.82, 2.24) is 0 Å². The minimum atomic E-state index is -0.482. The molecule has 0 aliphatic heterocycles. The second kappa shape index (κ2) is 5.86. The molecule has 1 aromatic carbocycles. The average Bonchev–Trinajstić information content (AvgIpc) is 2.26. The van der Waals surface area contributed by atoms with E-state index >= 15 is 0 Å². The van der Waals surface area contributed by atoms with E-state index in [4.69, 9.17) is 10.5 Å².